The predicted octanol–water partition coefficient (Wildman–Crippen LogP) is 3.58. The molecule has 0 saturated heterocycles. The Labute approximate surface area is 135 Å². The average Bonchev–Trinajstić information content (AvgIpc) is 3.04. The van der Waals surface area contributed by atoms with Crippen LogP contribution in [0.2, 0.25) is 0 Å². The Morgan fingerprint density at radius 1 is 1.23 bits per heavy atom. The molecule has 118 valence electrons. The first-order valence-electron chi connectivity index (χ1n) is 7.21. The maximum atomic E-state index is 12.2. The number of carbonyl (C=O) groups is 1. The van der Waals surface area contributed by atoms with Crippen LogP contribution in [0.15, 0.2) is 35.7 Å². The first-order chi connectivity index (χ1) is 10.7. The van der Waals surface area contributed by atoms with Crippen molar-refractivity contribution in [1.29, 1.82) is 0 Å². The number of amides is 1. The number of thiophene rings is 1. The molecule has 0 radical (unpaired) electrons. The molecule has 1 amide bonds. The molecule has 1 heterocycles. The van der Waals surface area contributed by atoms with Gasteiger partial charge in [0, 0.05) is 4.88 Å². The van der Waals surface area contributed by atoms with Gasteiger partial charge in [0.1, 0.15) is 0 Å². The largest absolute Gasteiger partial charge is 0.493 e. The monoisotopic (exact) mass is 319 g/mol. The zero-order valence-electron chi connectivity index (χ0n) is 13.1. The lowest BCUT2D eigenvalue weighted by Crippen LogP contribution is -2.29. The number of hydrogen-bond acceptors (Lipinski definition) is 4. The molecule has 0 fully saturated rings. The molecule has 1 aromatic carbocycles. The molecule has 1 atom stereocenters. The highest BCUT2D eigenvalue weighted by Crippen LogP contribution is 2.30. The van der Waals surface area contributed by atoms with Gasteiger partial charge < -0.3 is 14.8 Å². The minimum Gasteiger partial charge on any atom is -0.493 e. The number of rotatable bonds is 7. The molecule has 0 bridgehead atoms. The van der Waals surface area contributed by atoms with E-state index in [1.54, 1.807) is 25.6 Å². The van der Waals surface area contributed by atoms with Gasteiger partial charge in [-0.25, -0.2) is 0 Å². The van der Waals surface area contributed by atoms with Crippen molar-refractivity contribution in [2.24, 2.45) is 0 Å². The molecule has 22 heavy (non-hydrogen) atoms. The summed E-state index contributed by atoms with van der Waals surface area (Å²) in [5.74, 6) is 1.39. The Balaban J connectivity index is 2.09. The van der Waals surface area contributed by atoms with E-state index in [4.69, 9.17) is 9.47 Å². The number of methoxy groups -OCH3 is 2. The first kappa shape index (κ1) is 16.4. The second-order valence-electron chi connectivity index (χ2n) is 4.90. The summed E-state index contributed by atoms with van der Waals surface area (Å²) in [5, 5.41) is 5.06. The molecule has 4 nitrogen and oxygen atoms in total. The highest BCUT2D eigenvalue weighted by Gasteiger charge is 2.15. The van der Waals surface area contributed by atoms with E-state index >= 15 is 0 Å². The van der Waals surface area contributed by atoms with Crippen molar-refractivity contribution in [3.63, 3.8) is 0 Å². The number of benzene rings is 1. The average molecular weight is 319 g/mol. The zero-order chi connectivity index (χ0) is 15.9. The number of carbonyl (C=O) groups excluding carboxylic acids is 1. The van der Waals surface area contributed by atoms with E-state index in [1.165, 1.54) is 0 Å². The molecule has 1 N–H and O–H groups in total. The topological polar surface area (TPSA) is 47.6 Å². The van der Waals surface area contributed by atoms with Crippen molar-refractivity contribution >= 4 is 17.2 Å². The summed E-state index contributed by atoms with van der Waals surface area (Å²) in [4.78, 5) is 13.2. The van der Waals surface area contributed by atoms with Crippen molar-refractivity contribution in [3.8, 4) is 11.5 Å². The van der Waals surface area contributed by atoms with Crippen molar-refractivity contribution < 1.29 is 14.3 Å². The summed E-state index contributed by atoms with van der Waals surface area (Å²) in [5.41, 5.74) is 1.01. The first-order valence-corrected chi connectivity index (χ1v) is 8.09. The van der Waals surface area contributed by atoms with Gasteiger partial charge in [-0.1, -0.05) is 19.1 Å². The Hall–Kier alpha value is -2.01. The molecule has 0 spiro atoms. The SMILES string of the molecule is CC[C@H](NC(=O)Cc1cccs1)c1ccc(OC)c(OC)c1. The molecule has 0 unspecified atom stereocenters. The van der Waals surface area contributed by atoms with Gasteiger partial charge in [-0.2, -0.15) is 0 Å². The highest BCUT2D eigenvalue weighted by molar-refractivity contribution is 7.10. The number of hydrogen-bond donors (Lipinski definition) is 1. The maximum absolute atomic E-state index is 12.2. The molecule has 0 aliphatic heterocycles. The summed E-state index contributed by atoms with van der Waals surface area (Å²) < 4.78 is 10.6. The van der Waals surface area contributed by atoms with Crippen LogP contribution in [0.1, 0.15) is 29.8 Å². The fraction of sp³-hybridized carbons (Fsp3) is 0.353. The molecule has 5 heteroatoms. The van der Waals surface area contributed by atoms with E-state index in [9.17, 15) is 4.79 Å². The van der Waals surface area contributed by atoms with Crippen molar-refractivity contribution in [1.82, 2.24) is 5.32 Å². The third kappa shape index (κ3) is 4.01. The summed E-state index contributed by atoms with van der Waals surface area (Å²) in [6.45, 7) is 2.05. The standard InChI is InChI=1S/C17H21NO3S/c1-4-14(18-17(19)11-13-6-5-9-22-13)12-7-8-15(20-2)16(10-12)21-3/h5-10,14H,4,11H2,1-3H3,(H,18,19)/t14-/m0/s1. The van der Waals surface area contributed by atoms with Gasteiger partial charge in [0.25, 0.3) is 0 Å². The Morgan fingerprint density at radius 2 is 2.00 bits per heavy atom. The second-order valence-corrected chi connectivity index (χ2v) is 5.93. The van der Waals surface area contributed by atoms with E-state index in [2.05, 4.69) is 5.32 Å². The number of nitrogens with one attached hydrogen (secondary N) is 1. The van der Waals surface area contributed by atoms with Crippen LogP contribution in [-0.4, -0.2) is 20.1 Å². The normalized spacial score (nSPS) is 11.8. The number of ether oxygens (including phenoxy) is 2. The third-order valence-electron chi connectivity index (χ3n) is 3.47. The van der Waals surface area contributed by atoms with Gasteiger partial charge in [0.2, 0.25) is 5.91 Å². The van der Waals surface area contributed by atoms with E-state index < -0.39 is 0 Å². The van der Waals surface area contributed by atoms with Crippen LogP contribution >= 0.6 is 11.3 Å². The fourth-order valence-electron chi connectivity index (χ4n) is 2.31. The van der Waals surface area contributed by atoms with Crippen LogP contribution in [0.4, 0.5) is 0 Å². The minimum absolute atomic E-state index is 0.0316. The van der Waals surface area contributed by atoms with Gasteiger partial charge in [-0.15, -0.1) is 11.3 Å². The molecule has 0 aliphatic carbocycles. The van der Waals surface area contributed by atoms with Crippen LogP contribution in [0, 0.1) is 0 Å². The second kappa shape index (κ2) is 7.84. The third-order valence-corrected chi connectivity index (χ3v) is 4.34. The molecular weight excluding hydrogens is 298 g/mol. The van der Waals surface area contributed by atoms with Crippen LogP contribution in [-0.2, 0) is 11.2 Å². The van der Waals surface area contributed by atoms with Gasteiger partial charge in [0.15, 0.2) is 11.5 Å². The summed E-state index contributed by atoms with van der Waals surface area (Å²) in [7, 11) is 3.22. The van der Waals surface area contributed by atoms with E-state index in [1.807, 2.05) is 42.6 Å². The summed E-state index contributed by atoms with van der Waals surface area (Å²) >= 11 is 1.60. The smallest absolute Gasteiger partial charge is 0.225 e. The molecule has 1 aromatic heterocycles. The van der Waals surface area contributed by atoms with Crippen molar-refractivity contribution in [3.05, 3.63) is 46.2 Å². The zero-order valence-corrected chi connectivity index (χ0v) is 13.9. The van der Waals surface area contributed by atoms with E-state index in [0.717, 1.165) is 16.9 Å². The lowest BCUT2D eigenvalue weighted by Gasteiger charge is -2.19. The van der Waals surface area contributed by atoms with Crippen LogP contribution < -0.4 is 14.8 Å². The maximum Gasteiger partial charge on any atom is 0.225 e. The van der Waals surface area contributed by atoms with Crippen molar-refractivity contribution in [2.75, 3.05) is 14.2 Å². The van der Waals surface area contributed by atoms with E-state index in [-0.39, 0.29) is 11.9 Å². The van der Waals surface area contributed by atoms with Crippen LogP contribution in [0.3, 0.4) is 0 Å². The molecular formula is C17H21NO3S. The predicted molar refractivity (Wildman–Crippen MR) is 88.7 cm³/mol. The molecule has 2 rings (SSSR count). The molecule has 0 saturated carbocycles. The molecule has 0 aliphatic rings. The van der Waals surface area contributed by atoms with Gasteiger partial charge in [0.05, 0.1) is 26.7 Å². The van der Waals surface area contributed by atoms with Gasteiger partial charge in [-0.3, -0.25) is 4.79 Å². The Morgan fingerprint density at radius 3 is 2.59 bits per heavy atom. The Kier molecular flexibility index (Phi) is 5.83. The van der Waals surface area contributed by atoms with Crippen LogP contribution in [0.25, 0.3) is 0 Å². The van der Waals surface area contributed by atoms with Crippen LogP contribution in [0.5, 0.6) is 11.5 Å². The van der Waals surface area contributed by atoms with Gasteiger partial charge >= 0.3 is 0 Å². The van der Waals surface area contributed by atoms with E-state index in [0.29, 0.717) is 17.9 Å². The lowest BCUT2D eigenvalue weighted by molar-refractivity contribution is -0.121. The summed E-state index contributed by atoms with van der Waals surface area (Å²) in [6.07, 6.45) is 1.23. The van der Waals surface area contributed by atoms with Crippen molar-refractivity contribution in [2.45, 2.75) is 25.8 Å². The Bertz CT molecular complexity index is 610. The quantitative estimate of drug-likeness (QED) is 0.848. The lowest BCUT2D eigenvalue weighted by atomic mass is 10.0. The van der Waals surface area contributed by atoms with Gasteiger partial charge in [-0.05, 0) is 35.6 Å². The molecule has 2 aromatic rings. The highest BCUT2D eigenvalue weighted by atomic mass is 32.1. The summed E-state index contributed by atoms with van der Waals surface area (Å²) in [6, 6.07) is 9.63. The minimum atomic E-state index is -0.0349. The fourth-order valence-corrected chi connectivity index (χ4v) is 3.01.